The van der Waals surface area contributed by atoms with Crippen LogP contribution in [0.5, 0.6) is 0 Å². The van der Waals surface area contributed by atoms with Crippen molar-refractivity contribution in [2.24, 2.45) is 5.41 Å². The fourth-order valence-corrected chi connectivity index (χ4v) is 3.52. The van der Waals surface area contributed by atoms with Crippen LogP contribution in [0.25, 0.3) is 0 Å². The van der Waals surface area contributed by atoms with Crippen molar-refractivity contribution in [2.45, 2.75) is 38.4 Å². The Balaban J connectivity index is 2.07. The van der Waals surface area contributed by atoms with E-state index in [-0.39, 0.29) is 25.6 Å². The molecule has 7 heteroatoms. The summed E-state index contributed by atoms with van der Waals surface area (Å²) >= 11 is 0. The maximum atomic E-state index is 13.4. The predicted molar refractivity (Wildman–Crippen MR) is 73.9 cm³/mol. The van der Waals surface area contributed by atoms with Gasteiger partial charge in [0.1, 0.15) is 0 Å². The minimum atomic E-state index is -4.50. The Kier molecular flexibility index (Phi) is 4.82. The van der Waals surface area contributed by atoms with Gasteiger partial charge in [-0.3, -0.25) is 9.69 Å². The number of nitrogens with one attached hydrogen (secondary N) is 1. The van der Waals surface area contributed by atoms with Crippen molar-refractivity contribution in [1.29, 1.82) is 0 Å². The molecule has 0 aromatic heterocycles. The van der Waals surface area contributed by atoms with E-state index in [1.807, 2.05) is 6.92 Å². The number of rotatable bonds is 4. The van der Waals surface area contributed by atoms with Gasteiger partial charge in [-0.05, 0) is 38.9 Å². The maximum absolute atomic E-state index is 13.4. The molecule has 1 N–H and O–H groups in total. The Morgan fingerprint density at radius 3 is 2.71 bits per heavy atom. The van der Waals surface area contributed by atoms with Gasteiger partial charge >= 0.3 is 6.18 Å². The molecule has 0 aromatic carbocycles. The maximum Gasteiger partial charge on any atom is 0.404 e. The molecular weight excluding hydrogens is 283 g/mol. The molecule has 0 saturated carbocycles. The van der Waals surface area contributed by atoms with Crippen LogP contribution in [0.4, 0.5) is 13.2 Å². The van der Waals surface area contributed by atoms with Crippen molar-refractivity contribution in [3.05, 3.63) is 0 Å². The van der Waals surface area contributed by atoms with E-state index in [1.54, 1.807) is 0 Å². The minimum absolute atomic E-state index is 0.165. The van der Waals surface area contributed by atoms with Crippen LogP contribution in [0.1, 0.15) is 26.2 Å². The van der Waals surface area contributed by atoms with Crippen molar-refractivity contribution in [3.8, 4) is 0 Å². The number of halogens is 3. The number of carbonyl (C=O) groups excluding carboxylic acids is 1. The average Bonchev–Trinajstić information content (AvgIpc) is 3.06. The second-order valence-electron chi connectivity index (χ2n) is 6.12. The van der Waals surface area contributed by atoms with Gasteiger partial charge in [0, 0.05) is 26.2 Å². The number of alkyl halides is 3. The van der Waals surface area contributed by atoms with Crippen LogP contribution in [-0.2, 0) is 4.79 Å². The molecule has 0 aliphatic carbocycles. The van der Waals surface area contributed by atoms with Crippen LogP contribution in [0.3, 0.4) is 0 Å². The zero-order valence-electron chi connectivity index (χ0n) is 12.7. The normalized spacial score (nSPS) is 30.8. The minimum Gasteiger partial charge on any atom is -0.343 e. The quantitative estimate of drug-likeness (QED) is 0.854. The van der Waals surface area contributed by atoms with Crippen molar-refractivity contribution in [2.75, 3.05) is 39.8 Å². The van der Waals surface area contributed by atoms with Gasteiger partial charge < -0.3 is 10.2 Å². The summed E-state index contributed by atoms with van der Waals surface area (Å²) in [6.45, 7) is 4.20. The van der Waals surface area contributed by atoms with Crippen molar-refractivity contribution < 1.29 is 18.0 Å². The first-order valence-corrected chi connectivity index (χ1v) is 7.59. The Morgan fingerprint density at radius 1 is 1.48 bits per heavy atom. The molecule has 122 valence electrons. The summed E-state index contributed by atoms with van der Waals surface area (Å²) in [5.74, 6) is -0.789. The number of hydrogen-bond donors (Lipinski definition) is 1. The van der Waals surface area contributed by atoms with Crippen molar-refractivity contribution in [3.63, 3.8) is 0 Å². The van der Waals surface area contributed by atoms with Crippen LogP contribution in [0.2, 0.25) is 0 Å². The summed E-state index contributed by atoms with van der Waals surface area (Å²) < 4.78 is 40.2. The molecule has 2 heterocycles. The topological polar surface area (TPSA) is 35.6 Å². The van der Waals surface area contributed by atoms with Crippen LogP contribution >= 0.6 is 0 Å². The Bertz CT molecular complexity index is 380. The molecule has 2 unspecified atom stereocenters. The molecule has 21 heavy (non-hydrogen) atoms. The molecule has 2 fully saturated rings. The summed E-state index contributed by atoms with van der Waals surface area (Å²) in [6.07, 6.45) is -2.67. The Morgan fingerprint density at radius 2 is 2.19 bits per heavy atom. The average molecular weight is 307 g/mol. The highest BCUT2D eigenvalue weighted by Crippen LogP contribution is 2.44. The zero-order valence-corrected chi connectivity index (χ0v) is 12.7. The lowest BCUT2D eigenvalue weighted by atomic mass is 9.84. The molecular formula is C14H24F3N3O. The van der Waals surface area contributed by atoms with E-state index in [2.05, 4.69) is 10.2 Å². The first kappa shape index (κ1) is 16.5. The second kappa shape index (κ2) is 6.12. The van der Waals surface area contributed by atoms with Gasteiger partial charge in [0.15, 0.2) is 5.41 Å². The summed E-state index contributed by atoms with van der Waals surface area (Å²) in [4.78, 5) is 16.0. The number of likely N-dealkylation sites (N-methyl/N-ethyl adjacent to an activating group) is 2. The summed E-state index contributed by atoms with van der Waals surface area (Å²) in [5.41, 5.74) is -2.24. The van der Waals surface area contributed by atoms with Gasteiger partial charge in [-0.2, -0.15) is 13.2 Å². The van der Waals surface area contributed by atoms with Crippen molar-refractivity contribution >= 4 is 5.91 Å². The lowest BCUT2D eigenvalue weighted by Gasteiger charge is -2.35. The SMILES string of the molecule is CCN1CCCC1CN(C)C(=O)C1(C(F)(F)F)CCNC1. The first-order chi connectivity index (χ1) is 9.82. The molecule has 2 aliphatic rings. The molecule has 0 radical (unpaired) electrons. The van der Waals surface area contributed by atoms with Gasteiger partial charge in [0.05, 0.1) is 0 Å². The van der Waals surface area contributed by atoms with Crippen LogP contribution < -0.4 is 5.32 Å². The van der Waals surface area contributed by atoms with E-state index in [4.69, 9.17) is 0 Å². The largest absolute Gasteiger partial charge is 0.404 e. The highest BCUT2D eigenvalue weighted by atomic mass is 19.4. The predicted octanol–water partition coefficient (Wildman–Crippen LogP) is 1.47. The van der Waals surface area contributed by atoms with Gasteiger partial charge in [0.2, 0.25) is 5.91 Å². The molecule has 1 amide bonds. The molecule has 2 atom stereocenters. The van der Waals surface area contributed by atoms with Crippen LogP contribution in [-0.4, -0.2) is 67.7 Å². The fourth-order valence-electron chi connectivity index (χ4n) is 3.52. The molecule has 2 aliphatic heterocycles. The fraction of sp³-hybridized carbons (Fsp3) is 0.929. The third-order valence-electron chi connectivity index (χ3n) is 4.84. The smallest absolute Gasteiger partial charge is 0.343 e. The third-order valence-corrected chi connectivity index (χ3v) is 4.84. The monoisotopic (exact) mass is 307 g/mol. The zero-order chi connectivity index (χ0) is 15.7. The van der Waals surface area contributed by atoms with Gasteiger partial charge in [0.25, 0.3) is 0 Å². The van der Waals surface area contributed by atoms with E-state index >= 15 is 0 Å². The van der Waals surface area contributed by atoms with Crippen LogP contribution in [0.15, 0.2) is 0 Å². The molecule has 0 aromatic rings. The Hall–Kier alpha value is -0.820. The summed E-state index contributed by atoms with van der Waals surface area (Å²) in [5, 5.41) is 2.69. The summed E-state index contributed by atoms with van der Waals surface area (Å²) in [7, 11) is 1.50. The Labute approximate surface area is 123 Å². The first-order valence-electron chi connectivity index (χ1n) is 7.59. The number of carbonyl (C=O) groups is 1. The van der Waals surface area contributed by atoms with Gasteiger partial charge in [-0.1, -0.05) is 6.92 Å². The number of hydrogen-bond acceptors (Lipinski definition) is 3. The lowest BCUT2D eigenvalue weighted by Crippen LogP contribution is -2.54. The molecule has 2 saturated heterocycles. The van der Waals surface area contributed by atoms with E-state index in [9.17, 15) is 18.0 Å². The van der Waals surface area contributed by atoms with E-state index in [0.717, 1.165) is 25.9 Å². The van der Waals surface area contributed by atoms with E-state index < -0.39 is 17.5 Å². The molecule has 4 nitrogen and oxygen atoms in total. The lowest BCUT2D eigenvalue weighted by molar-refractivity contribution is -0.221. The summed E-state index contributed by atoms with van der Waals surface area (Å²) in [6, 6.07) is 0.184. The molecule has 0 bridgehead atoms. The van der Waals surface area contributed by atoms with Gasteiger partial charge in [-0.15, -0.1) is 0 Å². The van der Waals surface area contributed by atoms with E-state index in [1.165, 1.54) is 11.9 Å². The number of amides is 1. The van der Waals surface area contributed by atoms with Crippen molar-refractivity contribution in [1.82, 2.24) is 15.1 Å². The van der Waals surface area contributed by atoms with Crippen LogP contribution in [0, 0.1) is 5.41 Å². The molecule has 2 rings (SSSR count). The highest BCUT2D eigenvalue weighted by Gasteiger charge is 2.62. The number of likely N-dealkylation sites (tertiary alicyclic amines) is 1. The molecule has 0 spiro atoms. The van der Waals surface area contributed by atoms with E-state index in [0.29, 0.717) is 6.54 Å². The van der Waals surface area contributed by atoms with Gasteiger partial charge in [-0.25, -0.2) is 0 Å². The standard InChI is InChI=1S/C14H24F3N3O/c1-3-20-8-4-5-11(20)9-19(2)12(21)13(14(15,16)17)6-7-18-10-13/h11,18H,3-10H2,1-2H3. The third kappa shape index (κ3) is 3.04. The second-order valence-corrected chi connectivity index (χ2v) is 6.12. The number of nitrogens with zero attached hydrogens (tertiary/aromatic N) is 2. The highest BCUT2D eigenvalue weighted by molar-refractivity contribution is 5.84.